The van der Waals surface area contributed by atoms with E-state index in [1.807, 2.05) is 0 Å². The molecule has 3 atom stereocenters. The molecule has 0 spiro atoms. The quantitative estimate of drug-likeness (QED) is 0.567. The van der Waals surface area contributed by atoms with E-state index < -0.39 is 11.5 Å². The molecule has 0 amide bonds. The molecule has 0 aromatic heterocycles. The predicted octanol–water partition coefficient (Wildman–Crippen LogP) is 3.95. The fraction of sp³-hybridized carbons (Fsp3) is 0.947. The molecule has 0 bridgehead atoms. The molecule has 0 heterocycles. The van der Waals surface area contributed by atoms with Crippen LogP contribution in [-0.2, 0) is 4.79 Å². The zero-order valence-electron chi connectivity index (χ0n) is 15.3. The number of aliphatic hydroxyl groups excluding tert-OH is 1. The fourth-order valence-corrected chi connectivity index (χ4v) is 3.69. The van der Waals surface area contributed by atoms with Crippen LogP contribution >= 0.6 is 0 Å². The number of rotatable bonds is 10. The molecule has 0 aliphatic heterocycles. The number of carboxylic acid groups (broad SMARTS) is 1. The summed E-state index contributed by atoms with van der Waals surface area (Å²) in [6.45, 7) is 5.87. The topological polar surface area (TPSA) is 83.6 Å². The summed E-state index contributed by atoms with van der Waals surface area (Å²) in [7, 11) is 0. The van der Waals surface area contributed by atoms with E-state index in [0.717, 1.165) is 31.6 Å². The van der Waals surface area contributed by atoms with Gasteiger partial charge in [0.1, 0.15) is 5.54 Å². The average molecular weight is 328 g/mol. The maximum absolute atomic E-state index is 11.1. The van der Waals surface area contributed by atoms with E-state index in [0.29, 0.717) is 18.3 Å². The third kappa shape index (κ3) is 7.67. The molecule has 23 heavy (non-hydrogen) atoms. The number of aliphatic hydroxyl groups is 1. The van der Waals surface area contributed by atoms with Crippen LogP contribution in [0.25, 0.3) is 0 Å². The van der Waals surface area contributed by atoms with Gasteiger partial charge in [0, 0.05) is 0 Å². The lowest BCUT2D eigenvalue weighted by molar-refractivity contribution is -0.143. The lowest BCUT2D eigenvalue weighted by Gasteiger charge is -2.28. The first-order valence-electron chi connectivity index (χ1n) is 9.42. The normalized spacial score (nSPS) is 21.8. The second-order valence-electron chi connectivity index (χ2n) is 8.24. The van der Waals surface area contributed by atoms with Crippen molar-refractivity contribution in [3.63, 3.8) is 0 Å². The smallest absolute Gasteiger partial charge is 0.323 e. The Morgan fingerprint density at radius 3 is 2.35 bits per heavy atom. The lowest BCUT2D eigenvalue weighted by Crippen LogP contribution is -2.45. The molecule has 1 aliphatic carbocycles. The van der Waals surface area contributed by atoms with E-state index in [4.69, 9.17) is 10.8 Å². The van der Waals surface area contributed by atoms with Crippen LogP contribution < -0.4 is 5.73 Å². The third-order valence-corrected chi connectivity index (χ3v) is 5.67. The first-order valence-corrected chi connectivity index (χ1v) is 9.42. The number of hydrogen-bond donors (Lipinski definition) is 3. The van der Waals surface area contributed by atoms with Crippen molar-refractivity contribution in [1.82, 2.24) is 0 Å². The summed E-state index contributed by atoms with van der Waals surface area (Å²) >= 11 is 0. The molecule has 3 unspecified atom stereocenters. The van der Waals surface area contributed by atoms with Crippen LogP contribution in [0.5, 0.6) is 0 Å². The fourth-order valence-electron chi connectivity index (χ4n) is 3.69. The van der Waals surface area contributed by atoms with Gasteiger partial charge in [-0.15, -0.1) is 0 Å². The maximum atomic E-state index is 11.1. The average Bonchev–Trinajstić information content (AvgIpc) is 2.50. The van der Waals surface area contributed by atoms with Gasteiger partial charge in [0.15, 0.2) is 0 Å². The zero-order valence-corrected chi connectivity index (χ0v) is 15.3. The van der Waals surface area contributed by atoms with Crippen LogP contribution in [0, 0.1) is 17.8 Å². The Labute approximate surface area is 141 Å². The molecule has 4 nitrogen and oxygen atoms in total. The van der Waals surface area contributed by atoms with Gasteiger partial charge in [0.05, 0.1) is 6.10 Å². The SMILES string of the molecule is CC(C)C(CCC(C)(N)C(=O)O)CC(O)CCC1CCCCC1. The molecule has 4 heteroatoms. The number of hydrogen-bond acceptors (Lipinski definition) is 3. The lowest BCUT2D eigenvalue weighted by atomic mass is 9.80. The van der Waals surface area contributed by atoms with Crippen molar-refractivity contribution in [3.8, 4) is 0 Å². The molecule has 1 rings (SSSR count). The first kappa shape index (κ1) is 20.4. The van der Waals surface area contributed by atoms with Crippen molar-refractivity contribution < 1.29 is 15.0 Å². The van der Waals surface area contributed by atoms with Gasteiger partial charge in [-0.25, -0.2) is 0 Å². The molecule has 1 aliphatic rings. The highest BCUT2D eigenvalue weighted by Gasteiger charge is 2.30. The van der Waals surface area contributed by atoms with E-state index in [-0.39, 0.29) is 6.10 Å². The van der Waals surface area contributed by atoms with Crippen molar-refractivity contribution in [2.45, 2.75) is 96.6 Å². The summed E-state index contributed by atoms with van der Waals surface area (Å²) in [6.07, 6.45) is 10.4. The number of carboxylic acids is 1. The minimum Gasteiger partial charge on any atom is -0.480 e. The molecule has 136 valence electrons. The zero-order chi connectivity index (χ0) is 17.5. The van der Waals surface area contributed by atoms with Crippen LogP contribution in [-0.4, -0.2) is 27.8 Å². The summed E-state index contributed by atoms with van der Waals surface area (Å²) in [5, 5.41) is 19.5. The summed E-state index contributed by atoms with van der Waals surface area (Å²) < 4.78 is 0. The largest absolute Gasteiger partial charge is 0.480 e. The van der Waals surface area contributed by atoms with Crippen molar-refractivity contribution in [1.29, 1.82) is 0 Å². The molecular weight excluding hydrogens is 290 g/mol. The molecule has 0 aromatic carbocycles. The van der Waals surface area contributed by atoms with Crippen LogP contribution in [0.2, 0.25) is 0 Å². The molecule has 0 radical (unpaired) electrons. The summed E-state index contributed by atoms with van der Waals surface area (Å²) in [5.41, 5.74) is 4.67. The van der Waals surface area contributed by atoms with Gasteiger partial charge in [0.25, 0.3) is 0 Å². The van der Waals surface area contributed by atoms with Gasteiger partial charge < -0.3 is 15.9 Å². The van der Waals surface area contributed by atoms with Gasteiger partial charge in [-0.1, -0.05) is 46.0 Å². The molecule has 1 fully saturated rings. The Hall–Kier alpha value is -0.610. The van der Waals surface area contributed by atoms with Crippen LogP contribution in [0.1, 0.15) is 85.0 Å². The third-order valence-electron chi connectivity index (χ3n) is 5.67. The Morgan fingerprint density at radius 2 is 1.83 bits per heavy atom. The Balaban J connectivity index is 2.37. The van der Waals surface area contributed by atoms with Gasteiger partial charge in [-0.2, -0.15) is 0 Å². The van der Waals surface area contributed by atoms with Gasteiger partial charge in [0.2, 0.25) is 0 Å². The maximum Gasteiger partial charge on any atom is 0.323 e. The van der Waals surface area contributed by atoms with E-state index in [1.165, 1.54) is 32.1 Å². The number of carbonyl (C=O) groups is 1. The number of nitrogens with two attached hydrogens (primary N) is 1. The highest BCUT2D eigenvalue weighted by molar-refractivity contribution is 5.77. The van der Waals surface area contributed by atoms with E-state index in [2.05, 4.69) is 13.8 Å². The summed E-state index contributed by atoms with van der Waals surface area (Å²) in [5.74, 6) is 0.621. The molecule has 1 saturated carbocycles. The van der Waals surface area contributed by atoms with E-state index >= 15 is 0 Å². The van der Waals surface area contributed by atoms with Gasteiger partial charge >= 0.3 is 5.97 Å². The van der Waals surface area contributed by atoms with Crippen molar-refractivity contribution in [2.24, 2.45) is 23.5 Å². The highest BCUT2D eigenvalue weighted by atomic mass is 16.4. The Kier molecular flexibility index (Phi) is 8.56. The van der Waals surface area contributed by atoms with Crippen LogP contribution in [0.3, 0.4) is 0 Å². The molecular formula is C19H37NO3. The first-order chi connectivity index (χ1) is 10.7. The second kappa shape index (κ2) is 9.63. The van der Waals surface area contributed by atoms with Gasteiger partial charge in [-0.05, 0) is 56.8 Å². The van der Waals surface area contributed by atoms with Crippen molar-refractivity contribution in [2.75, 3.05) is 0 Å². The minimum atomic E-state index is -1.17. The van der Waals surface area contributed by atoms with Crippen LogP contribution in [0.15, 0.2) is 0 Å². The van der Waals surface area contributed by atoms with Crippen molar-refractivity contribution in [3.05, 3.63) is 0 Å². The minimum absolute atomic E-state index is 0.266. The molecule has 4 N–H and O–H groups in total. The predicted molar refractivity (Wildman–Crippen MR) is 94.2 cm³/mol. The second-order valence-corrected chi connectivity index (χ2v) is 8.24. The summed E-state index contributed by atoms with van der Waals surface area (Å²) in [4.78, 5) is 11.1. The molecule has 0 saturated heterocycles. The Bertz CT molecular complexity index is 349. The summed E-state index contributed by atoms with van der Waals surface area (Å²) in [6, 6.07) is 0. The highest BCUT2D eigenvalue weighted by Crippen LogP contribution is 2.30. The van der Waals surface area contributed by atoms with E-state index in [9.17, 15) is 9.90 Å². The number of aliphatic carboxylic acids is 1. The monoisotopic (exact) mass is 327 g/mol. The molecule has 0 aromatic rings. The Morgan fingerprint density at radius 1 is 1.22 bits per heavy atom. The van der Waals surface area contributed by atoms with Gasteiger partial charge in [-0.3, -0.25) is 4.79 Å². The standard InChI is InChI=1S/C19H37NO3/c1-14(2)16(11-12-19(3,20)18(22)23)13-17(21)10-9-15-7-5-4-6-8-15/h14-17,21H,4-13,20H2,1-3H3,(H,22,23). The van der Waals surface area contributed by atoms with Crippen molar-refractivity contribution >= 4 is 5.97 Å². The van der Waals surface area contributed by atoms with E-state index in [1.54, 1.807) is 6.92 Å². The van der Waals surface area contributed by atoms with Crippen LogP contribution in [0.4, 0.5) is 0 Å².